The number of aliphatic hydroxyl groups excluding tert-OH is 2. The molecule has 1 aliphatic carbocycles. The number of nitrogens with one attached hydrogen (secondary N) is 1. The Labute approximate surface area is 264 Å². The number of hydrogen-bond donors (Lipinski definition) is 4. The molecule has 3 heterocycles. The lowest BCUT2D eigenvalue weighted by Crippen LogP contribution is -2.54. The maximum Gasteiger partial charge on any atom is 0.510 e. The van der Waals surface area contributed by atoms with Gasteiger partial charge in [0.05, 0.1) is 25.6 Å². The normalized spacial score (nSPS) is 23.9. The van der Waals surface area contributed by atoms with Crippen LogP contribution < -0.4 is 5.32 Å². The van der Waals surface area contributed by atoms with Crippen LogP contribution in [0.25, 0.3) is 11.2 Å². The summed E-state index contributed by atoms with van der Waals surface area (Å²) in [6.45, 7) is 3.51. The van der Waals surface area contributed by atoms with E-state index < -0.39 is 57.6 Å². The van der Waals surface area contributed by atoms with Crippen LogP contribution in [-0.2, 0) is 32.6 Å². The fraction of sp³-hybridized carbons (Fsp3) is 0.731. The Balaban J connectivity index is 1.27. The molecule has 1 aliphatic heterocycles. The van der Waals surface area contributed by atoms with Crippen LogP contribution in [0.4, 0.5) is 10.6 Å². The van der Waals surface area contributed by atoms with Gasteiger partial charge in [0.2, 0.25) is 18.0 Å². The van der Waals surface area contributed by atoms with E-state index in [0.717, 1.165) is 30.6 Å². The summed E-state index contributed by atoms with van der Waals surface area (Å²) < 4.78 is 38.1. The average Bonchev–Trinajstić information content (AvgIpc) is 3.63. The van der Waals surface area contributed by atoms with E-state index in [9.17, 15) is 29.3 Å². The smallest absolute Gasteiger partial charge is 0.434 e. The van der Waals surface area contributed by atoms with E-state index in [0.29, 0.717) is 17.0 Å². The van der Waals surface area contributed by atoms with Gasteiger partial charge in [0.25, 0.3) is 0 Å². The molecule has 4 N–H and O–H groups in total. The van der Waals surface area contributed by atoms with Crippen molar-refractivity contribution in [2.75, 3.05) is 45.5 Å². The Morgan fingerprint density at radius 3 is 2.58 bits per heavy atom. The molecule has 2 fully saturated rings. The largest absolute Gasteiger partial charge is 0.510 e. The highest BCUT2D eigenvalue weighted by Crippen LogP contribution is 2.43. The number of carbonyl (C=O) groups is 2. The molecule has 252 valence electrons. The fourth-order valence-corrected chi connectivity index (χ4v) is 5.58. The number of likely N-dealkylation sites (N-methyl/N-ethyl adjacent to an activating group) is 1. The highest BCUT2D eigenvalue weighted by Gasteiger charge is 2.41. The van der Waals surface area contributed by atoms with Crippen molar-refractivity contribution in [2.24, 2.45) is 5.41 Å². The number of aliphatic hydroxyl groups is 2. The number of amides is 1. The van der Waals surface area contributed by atoms with E-state index in [2.05, 4.69) is 34.1 Å². The first-order valence-corrected chi connectivity index (χ1v) is 16.3. The van der Waals surface area contributed by atoms with Crippen LogP contribution in [-0.4, -0.2) is 116 Å². The average molecular weight is 679 g/mol. The first-order valence-electron chi connectivity index (χ1n) is 14.4. The number of ether oxygens (including phenoxy) is 3. The number of aromatic nitrogens is 4. The first kappa shape index (κ1) is 35.2. The summed E-state index contributed by atoms with van der Waals surface area (Å²) in [5.41, 5.74) is 0.522. The number of rotatable bonds is 12. The van der Waals surface area contributed by atoms with Crippen molar-refractivity contribution in [1.29, 1.82) is 0 Å². The number of fused-ring (bicyclic) bond motifs is 1. The summed E-state index contributed by atoms with van der Waals surface area (Å²) in [6, 6.07) is -0.526. The second-order valence-corrected chi connectivity index (χ2v) is 14.0. The number of imidazole rings is 1. The predicted octanol–water partition coefficient (Wildman–Crippen LogP) is 2.24. The van der Waals surface area contributed by atoms with E-state index in [4.69, 9.17) is 21.1 Å². The summed E-state index contributed by atoms with van der Waals surface area (Å²) in [6.07, 6.45) is 0.878. The Kier molecular flexibility index (Phi) is 11.6. The Hall–Kier alpha value is -2.63. The SMILES string of the molecule is CN(C[C@H]1OC[C@@H](n2cnc3c(NC4CCCC4)nc(Cl)nc32)[C@@H](O)[C@@H]1O)C(=O)COP(=O)(O)OCOC(=O)OCC(C)(C)C. The molecule has 0 aromatic carbocycles. The fourth-order valence-electron chi connectivity index (χ4n) is 4.88. The molecular formula is C26H40ClN6O11P. The predicted molar refractivity (Wildman–Crippen MR) is 158 cm³/mol. The topological polar surface area (TPSA) is 217 Å². The van der Waals surface area contributed by atoms with Crippen LogP contribution >= 0.6 is 19.4 Å². The molecule has 45 heavy (non-hydrogen) atoms. The molecule has 0 radical (unpaired) electrons. The molecule has 2 aromatic rings. The van der Waals surface area contributed by atoms with Gasteiger partial charge in [-0.2, -0.15) is 9.97 Å². The number of carbonyl (C=O) groups excluding carboxylic acids is 2. The van der Waals surface area contributed by atoms with Gasteiger partial charge >= 0.3 is 14.0 Å². The van der Waals surface area contributed by atoms with Crippen LogP contribution in [0, 0.1) is 5.41 Å². The zero-order valence-electron chi connectivity index (χ0n) is 25.5. The van der Waals surface area contributed by atoms with Gasteiger partial charge in [-0.25, -0.2) is 18.9 Å². The molecule has 5 atom stereocenters. The summed E-state index contributed by atoms with van der Waals surface area (Å²) in [7, 11) is -3.40. The third-order valence-corrected chi connectivity index (χ3v) is 8.36. The third kappa shape index (κ3) is 9.68. The summed E-state index contributed by atoms with van der Waals surface area (Å²) in [5, 5.41) is 25.3. The summed E-state index contributed by atoms with van der Waals surface area (Å²) in [5.74, 6) is -0.258. The zero-order valence-corrected chi connectivity index (χ0v) is 27.1. The highest BCUT2D eigenvalue weighted by atomic mass is 35.5. The van der Waals surface area contributed by atoms with Crippen molar-refractivity contribution >= 4 is 48.5 Å². The van der Waals surface area contributed by atoms with Gasteiger partial charge in [0.15, 0.2) is 17.0 Å². The van der Waals surface area contributed by atoms with Crippen molar-refractivity contribution in [2.45, 2.75) is 76.9 Å². The van der Waals surface area contributed by atoms with E-state index in [1.54, 1.807) is 4.57 Å². The lowest BCUT2D eigenvalue weighted by atomic mass is 9.97. The van der Waals surface area contributed by atoms with E-state index >= 15 is 0 Å². The molecule has 2 aromatic heterocycles. The summed E-state index contributed by atoms with van der Waals surface area (Å²) >= 11 is 6.21. The van der Waals surface area contributed by atoms with Gasteiger partial charge in [0, 0.05) is 19.6 Å². The van der Waals surface area contributed by atoms with Crippen molar-refractivity contribution in [3.63, 3.8) is 0 Å². The molecule has 1 saturated heterocycles. The highest BCUT2D eigenvalue weighted by molar-refractivity contribution is 7.47. The van der Waals surface area contributed by atoms with Crippen molar-refractivity contribution in [1.82, 2.24) is 24.4 Å². The number of hydrogen-bond acceptors (Lipinski definition) is 14. The zero-order chi connectivity index (χ0) is 32.9. The molecule has 1 unspecified atom stereocenters. The molecule has 17 nitrogen and oxygen atoms in total. The molecule has 2 aliphatic rings. The molecule has 19 heteroatoms. The van der Waals surface area contributed by atoms with Crippen LogP contribution in [0.15, 0.2) is 6.33 Å². The van der Waals surface area contributed by atoms with Crippen molar-refractivity contribution < 1.29 is 52.5 Å². The maximum absolute atomic E-state index is 12.6. The van der Waals surface area contributed by atoms with Gasteiger partial charge in [-0.15, -0.1) is 0 Å². The number of anilines is 1. The summed E-state index contributed by atoms with van der Waals surface area (Å²) in [4.78, 5) is 48.0. The van der Waals surface area contributed by atoms with Gasteiger partial charge < -0.3 is 44.1 Å². The maximum atomic E-state index is 12.6. The van der Waals surface area contributed by atoms with Crippen LogP contribution in [0.2, 0.25) is 5.28 Å². The lowest BCUT2D eigenvalue weighted by molar-refractivity contribution is -0.167. The standard InChI is InChI=1S/C26H40ClN6O11P/c1-26(2,3)12-41-25(37)42-14-44-45(38,39)43-11-18(34)32(4)9-17-21(36)20(35)16(10-40-17)33-13-28-19-22(29-15-7-5-6-8-15)30-24(27)31-23(19)33/h13,15-17,20-21,35-36H,5-12,14H2,1-4H3,(H,38,39)(H,29,30,31)/t16-,17-,20-,21-/m1/s1. The van der Waals surface area contributed by atoms with Crippen molar-refractivity contribution in [3.8, 4) is 0 Å². The van der Waals surface area contributed by atoms with Crippen molar-refractivity contribution in [3.05, 3.63) is 11.6 Å². The Bertz CT molecular complexity index is 1390. The second-order valence-electron chi connectivity index (χ2n) is 12.2. The molecule has 1 saturated carbocycles. The van der Waals surface area contributed by atoms with Gasteiger partial charge in [-0.1, -0.05) is 33.6 Å². The van der Waals surface area contributed by atoms with E-state index in [1.165, 1.54) is 13.4 Å². The van der Waals surface area contributed by atoms with E-state index in [1.807, 2.05) is 20.8 Å². The molecule has 0 bridgehead atoms. The van der Waals surface area contributed by atoms with Gasteiger partial charge in [0.1, 0.15) is 24.9 Å². The second kappa shape index (κ2) is 14.9. The Morgan fingerprint density at radius 2 is 1.89 bits per heavy atom. The van der Waals surface area contributed by atoms with E-state index in [-0.39, 0.29) is 36.5 Å². The minimum Gasteiger partial charge on any atom is -0.434 e. The number of phosphoric acid groups is 1. The molecular weight excluding hydrogens is 639 g/mol. The minimum atomic E-state index is -4.76. The third-order valence-electron chi connectivity index (χ3n) is 7.30. The number of nitrogens with zero attached hydrogens (tertiary/aromatic N) is 5. The van der Waals surface area contributed by atoms with Crippen LogP contribution in [0.1, 0.15) is 52.5 Å². The molecule has 4 rings (SSSR count). The minimum absolute atomic E-state index is 0.000650. The number of phosphoric ester groups is 1. The monoisotopic (exact) mass is 678 g/mol. The lowest BCUT2D eigenvalue weighted by Gasteiger charge is -2.39. The number of halogens is 1. The molecule has 1 amide bonds. The molecule has 0 spiro atoms. The van der Waals surface area contributed by atoms with Gasteiger partial charge in [-0.05, 0) is 29.9 Å². The van der Waals surface area contributed by atoms with Crippen LogP contribution in [0.5, 0.6) is 0 Å². The van der Waals surface area contributed by atoms with Gasteiger partial charge in [-0.3, -0.25) is 9.32 Å². The van der Waals surface area contributed by atoms with Crippen LogP contribution in [0.3, 0.4) is 0 Å². The Morgan fingerprint density at radius 1 is 1.18 bits per heavy atom. The first-order chi connectivity index (χ1) is 21.1. The quantitative estimate of drug-likeness (QED) is 0.110.